The molecule has 0 bridgehead atoms. The van der Waals surface area contributed by atoms with Crippen LogP contribution in [0.5, 0.6) is 0 Å². The van der Waals surface area contributed by atoms with Crippen LogP contribution in [0.15, 0.2) is 18.3 Å². The van der Waals surface area contributed by atoms with E-state index in [0.29, 0.717) is 6.54 Å². The van der Waals surface area contributed by atoms with E-state index in [9.17, 15) is 9.18 Å². The average Bonchev–Trinajstić information content (AvgIpc) is 2.34. The molecule has 0 aromatic carbocycles. The van der Waals surface area contributed by atoms with Gasteiger partial charge in [0.15, 0.2) is 0 Å². The third-order valence-electron chi connectivity index (χ3n) is 2.44. The first-order chi connectivity index (χ1) is 8.15. The maximum absolute atomic E-state index is 12.6. The zero-order chi connectivity index (χ0) is 12.7. The number of aromatic nitrogens is 1. The monoisotopic (exact) mass is 240 g/mol. The van der Waals surface area contributed by atoms with Crippen molar-refractivity contribution in [2.45, 2.75) is 19.3 Å². The molecule has 1 aromatic rings. The van der Waals surface area contributed by atoms with Crippen LogP contribution in [0.4, 0.5) is 4.39 Å². The third kappa shape index (κ3) is 4.48. The van der Waals surface area contributed by atoms with Crippen LogP contribution >= 0.6 is 0 Å². The van der Waals surface area contributed by atoms with Crippen LogP contribution in [0.1, 0.15) is 29.8 Å². The number of halogens is 1. The molecule has 0 radical (unpaired) electrons. The van der Waals surface area contributed by atoms with Crippen LogP contribution in [0.3, 0.4) is 0 Å². The quantitative estimate of drug-likeness (QED) is 0.766. The minimum atomic E-state index is -0.452. The number of aliphatic hydroxyl groups is 1. The summed E-state index contributed by atoms with van der Waals surface area (Å²) in [6, 6.07) is 2.60. The van der Waals surface area contributed by atoms with Gasteiger partial charge in [-0.2, -0.15) is 0 Å². The smallest absolute Gasteiger partial charge is 0.272 e. The van der Waals surface area contributed by atoms with Crippen LogP contribution in [0.25, 0.3) is 0 Å². The van der Waals surface area contributed by atoms with Crippen LogP contribution in [-0.4, -0.2) is 41.1 Å². The molecule has 0 unspecified atom stereocenters. The van der Waals surface area contributed by atoms with E-state index >= 15 is 0 Å². The number of unbranched alkanes of at least 4 members (excludes halogenated alkanes) is 2. The van der Waals surface area contributed by atoms with Gasteiger partial charge in [0.2, 0.25) is 0 Å². The number of carbonyl (C=O) groups excluding carboxylic acids is 1. The topological polar surface area (TPSA) is 53.4 Å². The molecule has 1 rings (SSSR count). The number of nitrogens with zero attached hydrogens (tertiary/aromatic N) is 2. The van der Waals surface area contributed by atoms with E-state index in [1.807, 2.05) is 0 Å². The molecule has 0 fully saturated rings. The maximum atomic E-state index is 12.6. The van der Waals surface area contributed by atoms with Crippen molar-refractivity contribution in [1.82, 2.24) is 9.88 Å². The summed E-state index contributed by atoms with van der Waals surface area (Å²) in [6.45, 7) is 0.787. The molecule has 0 spiro atoms. The fraction of sp³-hybridized carbons (Fsp3) is 0.500. The Hall–Kier alpha value is -1.49. The molecule has 0 saturated heterocycles. The summed E-state index contributed by atoms with van der Waals surface area (Å²) in [5, 5.41) is 8.62. The van der Waals surface area contributed by atoms with Crippen LogP contribution < -0.4 is 0 Å². The summed E-state index contributed by atoms with van der Waals surface area (Å²) in [5.41, 5.74) is 0.246. The van der Waals surface area contributed by atoms with E-state index in [1.165, 1.54) is 12.1 Å². The van der Waals surface area contributed by atoms with Gasteiger partial charge in [-0.25, -0.2) is 9.37 Å². The van der Waals surface area contributed by atoms with Crippen molar-refractivity contribution >= 4 is 5.91 Å². The molecule has 1 heterocycles. The number of rotatable bonds is 6. The molecule has 0 saturated carbocycles. The van der Waals surface area contributed by atoms with E-state index in [4.69, 9.17) is 5.11 Å². The molecule has 4 nitrogen and oxygen atoms in total. The molecule has 5 heteroatoms. The van der Waals surface area contributed by atoms with E-state index < -0.39 is 5.82 Å². The van der Waals surface area contributed by atoms with Crippen molar-refractivity contribution in [3.8, 4) is 0 Å². The van der Waals surface area contributed by atoms with Crippen molar-refractivity contribution < 1.29 is 14.3 Å². The van der Waals surface area contributed by atoms with Crippen molar-refractivity contribution in [3.05, 3.63) is 29.8 Å². The Bertz CT molecular complexity index is 354. The highest BCUT2D eigenvalue weighted by Gasteiger charge is 2.12. The molecule has 1 amide bonds. The SMILES string of the molecule is CN(CCCCCO)C(=O)c1ccc(F)cn1. The Morgan fingerprint density at radius 2 is 2.18 bits per heavy atom. The van der Waals surface area contributed by atoms with Crippen LogP contribution in [-0.2, 0) is 0 Å². The molecular formula is C12H17FN2O2. The van der Waals surface area contributed by atoms with Gasteiger partial charge in [0.05, 0.1) is 6.20 Å². The van der Waals surface area contributed by atoms with Crippen LogP contribution in [0, 0.1) is 5.82 Å². The van der Waals surface area contributed by atoms with Crippen molar-refractivity contribution in [2.75, 3.05) is 20.2 Å². The lowest BCUT2D eigenvalue weighted by atomic mass is 10.2. The van der Waals surface area contributed by atoms with Gasteiger partial charge >= 0.3 is 0 Å². The summed E-state index contributed by atoms with van der Waals surface area (Å²) in [4.78, 5) is 17.1. The lowest BCUT2D eigenvalue weighted by Gasteiger charge is -2.16. The van der Waals surface area contributed by atoms with Crippen molar-refractivity contribution in [3.63, 3.8) is 0 Å². The lowest BCUT2D eigenvalue weighted by Crippen LogP contribution is -2.28. The number of hydrogen-bond donors (Lipinski definition) is 1. The number of carbonyl (C=O) groups is 1. The van der Waals surface area contributed by atoms with E-state index in [1.54, 1.807) is 11.9 Å². The van der Waals surface area contributed by atoms with Crippen molar-refractivity contribution in [1.29, 1.82) is 0 Å². The van der Waals surface area contributed by atoms with Gasteiger partial charge in [-0.3, -0.25) is 4.79 Å². The zero-order valence-corrected chi connectivity index (χ0v) is 9.90. The van der Waals surface area contributed by atoms with Crippen LogP contribution in [0.2, 0.25) is 0 Å². The first-order valence-electron chi connectivity index (χ1n) is 5.63. The standard InChI is InChI=1S/C12H17FN2O2/c1-15(7-3-2-4-8-16)12(17)11-6-5-10(13)9-14-11/h5-6,9,16H,2-4,7-8H2,1H3. The second-order valence-corrected chi connectivity index (χ2v) is 3.87. The van der Waals surface area contributed by atoms with Gasteiger partial charge < -0.3 is 10.0 Å². The molecule has 0 aliphatic carbocycles. The Morgan fingerprint density at radius 1 is 1.41 bits per heavy atom. The van der Waals surface area contributed by atoms with E-state index in [2.05, 4.69) is 4.98 Å². The van der Waals surface area contributed by atoms with Gasteiger partial charge in [0, 0.05) is 20.2 Å². The number of amides is 1. The molecular weight excluding hydrogens is 223 g/mol. The van der Waals surface area contributed by atoms with Crippen molar-refractivity contribution in [2.24, 2.45) is 0 Å². The van der Waals surface area contributed by atoms with Gasteiger partial charge in [-0.1, -0.05) is 0 Å². The summed E-state index contributed by atoms with van der Waals surface area (Å²) in [5.74, 6) is -0.666. The fourth-order valence-electron chi connectivity index (χ4n) is 1.44. The zero-order valence-electron chi connectivity index (χ0n) is 9.90. The normalized spacial score (nSPS) is 10.3. The summed E-state index contributed by atoms with van der Waals surface area (Å²) < 4.78 is 12.6. The minimum absolute atomic E-state index is 0.178. The largest absolute Gasteiger partial charge is 0.396 e. The van der Waals surface area contributed by atoms with Gasteiger partial charge in [-0.15, -0.1) is 0 Å². The Kier molecular flexibility index (Phi) is 5.56. The highest BCUT2D eigenvalue weighted by molar-refractivity contribution is 5.91. The van der Waals surface area contributed by atoms with E-state index in [0.717, 1.165) is 25.5 Å². The highest BCUT2D eigenvalue weighted by Crippen LogP contribution is 2.04. The summed E-state index contributed by atoms with van der Waals surface area (Å²) in [6.07, 6.45) is 3.50. The van der Waals surface area contributed by atoms with Gasteiger partial charge in [-0.05, 0) is 31.4 Å². The fourth-order valence-corrected chi connectivity index (χ4v) is 1.44. The highest BCUT2D eigenvalue weighted by atomic mass is 19.1. The minimum Gasteiger partial charge on any atom is -0.396 e. The van der Waals surface area contributed by atoms with Gasteiger partial charge in [0.25, 0.3) is 5.91 Å². The Morgan fingerprint density at radius 3 is 2.76 bits per heavy atom. The molecule has 1 aromatic heterocycles. The predicted molar refractivity (Wildman–Crippen MR) is 62.1 cm³/mol. The Labute approximate surface area is 100 Å². The molecule has 17 heavy (non-hydrogen) atoms. The predicted octanol–water partition coefficient (Wildman–Crippen LogP) is 1.46. The summed E-state index contributed by atoms with van der Waals surface area (Å²) in [7, 11) is 1.69. The molecule has 0 atom stereocenters. The summed E-state index contributed by atoms with van der Waals surface area (Å²) >= 11 is 0. The molecule has 94 valence electrons. The third-order valence-corrected chi connectivity index (χ3v) is 2.44. The maximum Gasteiger partial charge on any atom is 0.272 e. The van der Waals surface area contributed by atoms with Gasteiger partial charge in [0.1, 0.15) is 11.5 Å². The number of pyridine rings is 1. The Balaban J connectivity index is 2.43. The molecule has 1 N–H and O–H groups in total. The van der Waals surface area contributed by atoms with E-state index in [-0.39, 0.29) is 18.2 Å². The first kappa shape index (κ1) is 13.6. The average molecular weight is 240 g/mol. The second kappa shape index (κ2) is 6.96. The second-order valence-electron chi connectivity index (χ2n) is 3.87. The number of aliphatic hydroxyl groups excluding tert-OH is 1. The number of hydrogen-bond acceptors (Lipinski definition) is 3. The lowest BCUT2D eigenvalue weighted by molar-refractivity contribution is 0.0786. The molecule has 0 aliphatic heterocycles. The molecule has 0 aliphatic rings. The first-order valence-corrected chi connectivity index (χ1v) is 5.63.